The van der Waals surface area contributed by atoms with Crippen LogP contribution in [0.3, 0.4) is 0 Å². The van der Waals surface area contributed by atoms with E-state index < -0.39 is 6.03 Å². The molecule has 2 amide bonds. The first-order valence-corrected chi connectivity index (χ1v) is 10.9. The average molecular weight is 442 g/mol. The molecule has 2 aromatic rings. The topological polar surface area (TPSA) is 98.9 Å². The van der Waals surface area contributed by atoms with E-state index in [2.05, 4.69) is 60.1 Å². The van der Waals surface area contributed by atoms with Crippen LogP contribution in [-0.4, -0.2) is 16.0 Å². The van der Waals surface area contributed by atoms with Gasteiger partial charge in [-0.25, -0.2) is 9.78 Å². The van der Waals surface area contributed by atoms with E-state index in [0.29, 0.717) is 17.2 Å². The van der Waals surface area contributed by atoms with Crippen molar-refractivity contribution >= 4 is 23.1 Å². The first-order valence-electron chi connectivity index (χ1n) is 10.9. The van der Waals surface area contributed by atoms with Crippen molar-refractivity contribution in [1.29, 1.82) is 0 Å². The molecule has 0 fully saturated rings. The number of anilines is 2. The van der Waals surface area contributed by atoms with E-state index in [0.717, 1.165) is 28.8 Å². The number of nitrogens with one attached hydrogen (secondary N) is 4. The number of rotatable bonds is 6. The Morgan fingerprint density at radius 1 is 1.22 bits per heavy atom. The first kappa shape index (κ1) is 28.6. The number of hydrogen-bond donors (Lipinski definition) is 4. The first-order chi connectivity index (χ1) is 15.1. The van der Waals surface area contributed by atoms with Gasteiger partial charge in [0, 0.05) is 28.7 Å². The van der Waals surface area contributed by atoms with Gasteiger partial charge in [0.25, 0.3) is 0 Å². The molecule has 0 spiro atoms. The molecular formula is C25H39N5O2. The molecule has 0 bridgehead atoms. The van der Waals surface area contributed by atoms with Crippen LogP contribution in [0, 0.1) is 13.8 Å². The lowest BCUT2D eigenvalue weighted by Crippen LogP contribution is -2.34. The van der Waals surface area contributed by atoms with Crippen LogP contribution in [0.15, 0.2) is 42.2 Å². The summed E-state index contributed by atoms with van der Waals surface area (Å²) in [6, 6.07) is 4.39. The monoisotopic (exact) mass is 441 g/mol. The van der Waals surface area contributed by atoms with Crippen LogP contribution in [-0.2, 0) is 0 Å². The maximum absolute atomic E-state index is 12.0. The lowest BCUT2D eigenvalue weighted by Gasteiger charge is -2.18. The average Bonchev–Trinajstić information content (AvgIpc) is 2.72. The molecule has 0 aromatic carbocycles. The van der Waals surface area contributed by atoms with Gasteiger partial charge in [0.2, 0.25) is 5.56 Å². The van der Waals surface area contributed by atoms with Crippen LogP contribution in [0.2, 0.25) is 0 Å². The maximum Gasteiger partial charge on any atom is 0.337 e. The second-order valence-corrected chi connectivity index (χ2v) is 7.31. The molecule has 7 heteroatoms. The predicted molar refractivity (Wildman–Crippen MR) is 137 cm³/mol. The number of urea groups is 1. The van der Waals surface area contributed by atoms with Gasteiger partial charge in [-0.2, -0.15) is 0 Å². The fourth-order valence-corrected chi connectivity index (χ4v) is 2.81. The quantitative estimate of drug-likeness (QED) is 0.312. The Morgan fingerprint density at radius 3 is 2.28 bits per heavy atom. The highest BCUT2D eigenvalue weighted by molar-refractivity contribution is 5.89. The molecule has 0 radical (unpaired) electrons. The number of hydrazine groups is 1. The number of pyridine rings is 2. The smallest absolute Gasteiger partial charge is 0.326 e. The van der Waals surface area contributed by atoms with Crippen LogP contribution in [0.5, 0.6) is 0 Å². The fraction of sp³-hybridized carbons (Fsp3) is 0.400. The zero-order valence-electron chi connectivity index (χ0n) is 20.8. The molecular weight excluding hydrogens is 402 g/mol. The highest BCUT2D eigenvalue weighted by Crippen LogP contribution is 2.28. The van der Waals surface area contributed by atoms with E-state index in [-0.39, 0.29) is 11.5 Å². The van der Waals surface area contributed by atoms with E-state index in [1.54, 1.807) is 13.0 Å². The molecule has 0 aliphatic heterocycles. The molecule has 0 aliphatic carbocycles. The second-order valence-electron chi connectivity index (χ2n) is 7.31. The zero-order valence-corrected chi connectivity index (χ0v) is 20.8. The second kappa shape index (κ2) is 14.6. The molecule has 7 nitrogen and oxygen atoms in total. The van der Waals surface area contributed by atoms with Crippen molar-refractivity contribution in [2.45, 2.75) is 67.7 Å². The number of H-pyrrole nitrogens is 1. The van der Waals surface area contributed by atoms with E-state index in [9.17, 15) is 9.59 Å². The summed E-state index contributed by atoms with van der Waals surface area (Å²) in [6.45, 7) is 23.4. The summed E-state index contributed by atoms with van der Waals surface area (Å²) in [5, 5.41) is 2.60. The highest BCUT2D eigenvalue weighted by atomic mass is 16.2. The Kier molecular flexibility index (Phi) is 13.1. The van der Waals surface area contributed by atoms with Gasteiger partial charge >= 0.3 is 6.03 Å². The van der Waals surface area contributed by atoms with Gasteiger partial charge in [-0.05, 0) is 56.4 Å². The van der Waals surface area contributed by atoms with Gasteiger partial charge in [0.1, 0.15) is 5.82 Å². The number of allylic oxidation sites excluding steroid dienone is 2. The molecule has 4 N–H and O–H groups in total. The van der Waals surface area contributed by atoms with E-state index in [4.69, 9.17) is 0 Å². The minimum Gasteiger partial charge on any atom is -0.326 e. The molecule has 2 aromatic heterocycles. The van der Waals surface area contributed by atoms with Crippen molar-refractivity contribution < 1.29 is 4.79 Å². The molecule has 176 valence electrons. The van der Waals surface area contributed by atoms with E-state index in [1.807, 2.05) is 39.8 Å². The fourth-order valence-electron chi connectivity index (χ4n) is 2.81. The molecule has 0 saturated heterocycles. The Bertz CT molecular complexity index is 961. The lowest BCUT2D eigenvalue weighted by molar-refractivity contribution is 0.254. The standard InChI is InChI=1S/C19H25N5O2.C4H8.C2H6/c1-10(2)15-9-16(21-13(6)18(15)11(3)4)23-24-19(26)22-14-7-12(5)20-17(25)8-14;1-3-4-2;1-2/h7-10H,3H2,1-2,4-6H3,(H,21,23)(H3,20,22,24,25,26);3H,1,4H2,2H3;1-2H3. The highest BCUT2D eigenvalue weighted by Gasteiger charge is 2.13. The van der Waals surface area contributed by atoms with Crippen LogP contribution >= 0.6 is 0 Å². The molecule has 2 rings (SSSR count). The third-order valence-corrected chi connectivity index (χ3v) is 4.11. The molecule has 0 aliphatic rings. The van der Waals surface area contributed by atoms with Gasteiger partial charge < -0.3 is 10.3 Å². The van der Waals surface area contributed by atoms with Crippen LogP contribution in [0.1, 0.15) is 76.4 Å². The van der Waals surface area contributed by atoms with Gasteiger partial charge in [-0.1, -0.05) is 47.3 Å². The Hall–Kier alpha value is -3.35. The molecule has 0 atom stereocenters. The van der Waals surface area contributed by atoms with Gasteiger partial charge in [-0.15, -0.1) is 6.58 Å². The van der Waals surface area contributed by atoms with Crippen molar-refractivity contribution in [3.63, 3.8) is 0 Å². The minimum absolute atomic E-state index is 0.275. The number of carbonyl (C=O) groups is 1. The van der Waals surface area contributed by atoms with Crippen molar-refractivity contribution in [3.8, 4) is 0 Å². The number of aromatic amines is 1. The molecule has 32 heavy (non-hydrogen) atoms. The van der Waals surface area contributed by atoms with Crippen LogP contribution < -0.4 is 21.7 Å². The summed E-state index contributed by atoms with van der Waals surface area (Å²) < 4.78 is 0. The number of carbonyl (C=O) groups excluding carboxylic acids is 1. The van der Waals surface area contributed by atoms with E-state index >= 15 is 0 Å². The van der Waals surface area contributed by atoms with Crippen molar-refractivity contribution in [1.82, 2.24) is 15.4 Å². The van der Waals surface area contributed by atoms with Crippen LogP contribution in [0.25, 0.3) is 5.57 Å². The molecule has 0 unspecified atom stereocenters. The molecule has 0 saturated carbocycles. The lowest BCUT2D eigenvalue weighted by atomic mass is 9.93. The molecule has 2 heterocycles. The summed E-state index contributed by atoms with van der Waals surface area (Å²) in [6.07, 6.45) is 2.96. The SMILES string of the molecule is C=C(C)c1c(C(C)C)cc(NNC(=O)Nc2cc(C)[nH]c(=O)c2)nc1C.C=CCC.CC. The van der Waals surface area contributed by atoms with E-state index in [1.165, 1.54) is 6.07 Å². The largest absolute Gasteiger partial charge is 0.337 e. The number of aromatic nitrogens is 2. The Morgan fingerprint density at radius 2 is 1.81 bits per heavy atom. The normalized spacial score (nSPS) is 9.53. The number of aryl methyl sites for hydroxylation is 2. The predicted octanol–water partition coefficient (Wildman–Crippen LogP) is 6.30. The van der Waals surface area contributed by atoms with Gasteiger partial charge in [-0.3, -0.25) is 15.6 Å². The summed E-state index contributed by atoms with van der Waals surface area (Å²) in [5.74, 6) is 0.824. The minimum atomic E-state index is -0.496. The summed E-state index contributed by atoms with van der Waals surface area (Å²) >= 11 is 0. The Balaban J connectivity index is 0.00000144. The number of hydrogen-bond acceptors (Lipinski definition) is 4. The number of nitrogens with zero attached hydrogens (tertiary/aromatic N) is 1. The van der Waals surface area contributed by atoms with Crippen molar-refractivity contribution in [2.24, 2.45) is 0 Å². The summed E-state index contributed by atoms with van der Waals surface area (Å²) in [5.41, 5.74) is 10.1. The Labute approximate surface area is 192 Å². The number of amides is 2. The zero-order chi connectivity index (χ0) is 24.8. The maximum atomic E-state index is 12.0. The van der Waals surface area contributed by atoms with Crippen molar-refractivity contribution in [3.05, 3.63) is 70.3 Å². The van der Waals surface area contributed by atoms with Crippen molar-refractivity contribution in [2.75, 3.05) is 10.7 Å². The van der Waals surface area contributed by atoms with Gasteiger partial charge in [0.05, 0.1) is 0 Å². The third-order valence-electron chi connectivity index (χ3n) is 4.11. The van der Waals surface area contributed by atoms with Gasteiger partial charge in [0.15, 0.2) is 0 Å². The third kappa shape index (κ3) is 9.64. The summed E-state index contributed by atoms with van der Waals surface area (Å²) in [7, 11) is 0. The summed E-state index contributed by atoms with van der Waals surface area (Å²) in [4.78, 5) is 30.6. The van der Waals surface area contributed by atoms with Crippen LogP contribution in [0.4, 0.5) is 16.3 Å².